The fraction of sp³-hybridized carbons (Fsp3) is 0.727. The van der Waals surface area contributed by atoms with E-state index in [9.17, 15) is 0 Å². The summed E-state index contributed by atoms with van der Waals surface area (Å²) in [6.07, 6.45) is 3.41. The van der Waals surface area contributed by atoms with Crippen molar-refractivity contribution in [3.63, 3.8) is 0 Å². The molecular weight excluding hydrogens is 176 g/mol. The third-order valence-electron chi connectivity index (χ3n) is 1.81. The number of oxazole rings is 1. The van der Waals surface area contributed by atoms with Crippen molar-refractivity contribution >= 4 is 0 Å². The van der Waals surface area contributed by atoms with Crippen molar-refractivity contribution in [2.24, 2.45) is 11.1 Å². The molecule has 1 rings (SSSR count). The number of aromatic nitrogens is 1. The number of rotatable bonds is 3. The summed E-state index contributed by atoms with van der Waals surface area (Å²) in [5, 5.41) is 0. The number of hydrogen-bond donors (Lipinski definition) is 1. The highest BCUT2D eigenvalue weighted by Gasteiger charge is 2.15. The number of nitrogens with two attached hydrogens (primary N) is 1. The summed E-state index contributed by atoms with van der Waals surface area (Å²) in [5.74, 6) is 1.70. The first-order valence-electron chi connectivity index (χ1n) is 5.06. The van der Waals surface area contributed by atoms with E-state index < -0.39 is 0 Å². The Kier molecular flexibility index (Phi) is 3.32. The molecule has 1 unspecified atom stereocenters. The molecule has 0 aliphatic heterocycles. The second kappa shape index (κ2) is 4.13. The van der Waals surface area contributed by atoms with Crippen LogP contribution in [0, 0.1) is 5.41 Å². The predicted molar refractivity (Wildman–Crippen MR) is 57.0 cm³/mol. The summed E-state index contributed by atoms with van der Waals surface area (Å²) in [7, 11) is 0. The molecule has 0 amide bonds. The Hall–Kier alpha value is -0.830. The molecule has 3 nitrogen and oxygen atoms in total. The van der Waals surface area contributed by atoms with E-state index in [4.69, 9.17) is 10.2 Å². The van der Waals surface area contributed by atoms with Crippen LogP contribution < -0.4 is 5.73 Å². The summed E-state index contributed by atoms with van der Waals surface area (Å²) in [6, 6.07) is 0.130. The van der Waals surface area contributed by atoms with Gasteiger partial charge in [0, 0.05) is 18.9 Å². The normalized spacial score (nSPS) is 14.4. The lowest BCUT2D eigenvalue weighted by molar-refractivity contribution is 0.343. The molecule has 0 bridgehead atoms. The predicted octanol–water partition coefficient (Wildman–Crippen LogP) is 2.15. The zero-order valence-electron chi connectivity index (χ0n) is 9.50. The van der Waals surface area contributed by atoms with Gasteiger partial charge >= 0.3 is 0 Å². The van der Waals surface area contributed by atoms with Crippen LogP contribution in [0.2, 0.25) is 0 Å². The van der Waals surface area contributed by atoms with Gasteiger partial charge in [-0.2, -0.15) is 0 Å². The first kappa shape index (κ1) is 11.2. The Labute approximate surface area is 85.7 Å². The summed E-state index contributed by atoms with van der Waals surface area (Å²) < 4.78 is 5.58. The van der Waals surface area contributed by atoms with Crippen LogP contribution in [-0.2, 0) is 12.8 Å². The monoisotopic (exact) mass is 196 g/mol. The highest BCUT2D eigenvalue weighted by Crippen LogP contribution is 2.20. The van der Waals surface area contributed by atoms with E-state index in [1.165, 1.54) is 0 Å². The van der Waals surface area contributed by atoms with E-state index in [2.05, 4.69) is 25.8 Å². The molecule has 0 aliphatic carbocycles. The van der Waals surface area contributed by atoms with Gasteiger partial charge in [0.25, 0.3) is 0 Å². The largest absolute Gasteiger partial charge is 0.446 e. The molecule has 0 saturated heterocycles. The maximum Gasteiger partial charge on any atom is 0.194 e. The molecule has 0 fully saturated rings. The average Bonchev–Trinajstić information content (AvgIpc) is 2.30. The summed E-state index contributed by atoms with van der Waals surface area (Å²) >= 11 is 0. The second-order valence-electron chi connectivity index (χ2n) is 5.14. The van der Waals surface area contributed by atoms with Crippen LogP contribution in [0.25, 0.3) is 0 Å². The smallest absolute Gasteiger partial charge is 0.194 e. The van der Waals surface area contributed by atoms with Crippen molar-refractivity contribution in [2.45, 2.75) is 46.6 Å². The van der Waals surface area contributed by atoms with E-state index in [0.29, 0.717) is 0 Å². The molecule has 0 saturated carbocycles. The molecule has 0 radical (unpaired) electrons. The highest BCUT2D eigenvalue weighted by atomic mass is 16.4. The Bertz CT molecular complexity index is 284. The summed E-state index contributed by atoms with van der Waals surface area (Å²) in [5.41, 5.74) is 5.89. The maximum absolute atomic E-state index is 5.67. The van der Waals surface area contributed by atoms with E-state index in [1.807, 2.05) is 6.92 Å². The van der Waals surface area contributed by atoms with Crippen LogP contribution in [-0.4, -0.2) is 11.0 Å². The van der Waals surface area contributed by atoms with E-state index in [1.54, 1.807) is 6.20 Å². The van der Waals surface area contributed by atoms with Crippen molar-refractivity contribution in [3.8, 4) is 0 Å². The molecule has 1 atom stereocenters. The third kappa shape index (κ3) is 3.92. The van der Waals surface area contributed by atoms with Crippen molar-refractivity contribution in [3.05, 3.63) is 17.8 Å². The molecule has 80 valence electrons. The molecule has 2 N–H and O–H groups in total. The van der Waals surface area contributed by atoms with Gasteiger partial charge in [-0.25, -0.2) is 4.98 Å². The Morgan fingerprint density at radius 1 is 1.50 bits per heavy atom. The lowest BCUT2D eigenvalue weighted by Crippen LogP contribution is -2.17. The lowest BCUT2D eigenvalue weighted by Gasteiger charge is -2.14. The number of nitrogens with zero attached hydrogens (tertiary/aromatic N) is 1. The topological polar surface area (TPSA) is 52.0 Å². The van der Waals surface area contributed by atoms with Crippen molar-refractivity contribution < 1.29 is 4.42 Å². The number of hydrogen-bond acceptors (Lipinski definition) is 3. The van der Waals surface area contributed by atoms with Crippen molar-refractivity contribution in [2.75, 3.05) is 0 Å². The average molecular weight is 196 g/mol. The second-order valence-corrected chi connectivity index (χ2v) is 5.14. The van der Waals surface area contributed by atoms with Crippen molar-refractivity contribution in [1.29, 1.82) is 0 Å². The van der Waals surface area contributed by atoms with Crippen LogP contribution in [0.3, 0.4) is 0 Å². The summed E-state index contributed by atoms with van der Waals surface area (Å²) in [4.78, 5) is 4.23. The first-order chi connectivity index (χ1) is 6.37. The van der Waals surface area contributed by atoms with E-state index in [0.717, 1.165) is 24.5 Å². The molecule has 1 aromatic heterocycles. The van der Waals surface area contributed by atoms with E-state index in [-0.39, 0.29) is 11.5 Å². The maximum atomic E-state index is 5.67. The van der Waals surface area contributed by atoms with Gasteiger partial charge in [0.05, 0.1) is 6.20 Å². The Balaban J connectivity index is 2.60. The van der Waals surface area contributed by atoms with Crippen LogP contribution >= 0.6 is 0 Å². The Morgan fingerprint density at radius 3 is 2.64 bits per heavy atom. The van der Waals surface area contributed by atoms with Gasteiger partial charge in [0.15, 0.2) is 5.89 Å². The molecular formula is C11H20N2O. The minimum absolute atomic E-state index is 0.130. The minimum Gasteiger partial charge on any atom is -0.446 e. The van der Waals surface area contributed by atoms with Gasteiger partial charge in [-0.3, -0.25) is 0 Å². The molecule has 14 heavy (non-hydrogen) atoms. The molecule has 1 aromatic rings. The van der Waals surface area contributed by atoms with Crippen molar-refractivity contribution in [1.82, 2.24) is 4.98 Å². The van der Waals surface area contributed by atoms with Gasteiger partial charge in [0.2, 0.25) is 0 Å². The SMILES string of the molecule is CC(N)Cc1cnc(CC(C)(C)C)o1. The standard InChI is InChI=1S/C11H20N2O/c1-8(12)5-9-7-13-10(14-9)6-11(2,3)4/h7-8H,5-6,12H2,1-4H3. The van der Waals surface area contributed by atoms with Crippen LogP contribution in [0.1, 0.15) is 39.3 Å². The van der Waals surface area contributed by atoms with Gasteiger partial charge in [-0.1, -0.05) is 20.8 Å². The molecule has 0 spiro atoms. The third-order valence-corrected chi connectivity index (χ3v) is 1.81. The summed E-state index contributed by atoms with van der Waals surface area (Å²) in [6.45, 7) is 8.47. The van der Waals surface area contributed by atoms with Gasteiger partial charge in [0.1, 0.15) is 5.76 Å². The molecule has 1 heterocycles. The molecule has 3 heteroatoms. The zero-order chi connectivity index (χ0) is 10.8. The quantitative estimate of drug-likeness (QED) is 0.806. The first-order valence-corrected chi connectivity index (χ1v) is 5.06. The Morgan fingerprint density at radius 2 is 2.14 bits per heavy atom. The van der Waals surface area contributed by atoms with Crippen LogP contribution in [0.4, 0.5) is 0 Å². The molecule has 0 aromatic carbocycles. The van der Waals surface area contributed by atoms with Gasteiger partial charge in [-0.15, -0.1) is 0 Å². The highest BCUT2D eigenvalue weighted by molar-refractivity contribution is 4.97. The minimum atomic E-state index is 0.130. The van der Waals surface area contributed by atoms with Gasteiger partial charge in [-0.05, 0) is 12.3 Å². The zero-order valence-corrected chi connectivity index (χ0v) is 9.50. The van der Waals surface area contributed by atoms with Crippen LogP contribution in [0.15, 0.2) is 10.6 Å². The fourth-order valence-corrected chi connectivity index (χ4v) is 1.30. The van der Waals surface area contributed by atoms with E-state index >= 15 is 0 Å². The van der Waals surface area contributed by atoms with Gasteiger partial charge < -0.3 is 10.2 Å². The fourth-order valence-electron chi connectivity index (χ4n) is 1.30. The lowest BCUT2D eigenvalue weighted by atomic mass is 9.92. The van der Waals surface area contributed by atoms with Crippen LogP contribution in [0.5, 0.6) is 0 Å². The molecule has 0 aliphatic rings.